The molecule has 1 aliphatic rings. The van der Waals surface area contributed by atoms with Gasteiger partial charge in [-0.15, -0.1) is 0 Å². The Morgan fingerprint density at radius 2 is 2.03 bits per heavy atom. The van der Waals surface area contributed by atoms with Crippen LogP contribution in [0.15, 0.2) is 53.7 Å². The van der Waals surface area contributed by atoms with Crippen molar-refractivity contribution in [2.24, 2.45) is 4.99 Å². The zero-order chi connectivity index (χ0) is 22.7. The highest BCUT2D eigenvalue weighted by atomic mass is 35.5. The van der Waals surface area contributed by atoms with E-state index < -0.39 is 12.0 Å². The molecule has 3 heterocycles. The van der Waals surface area contributed by atoms with E-state index in [1.54, 1.807) is 31.5 Å². The summed E-state index contributed by atoms with van der Waals surface area (Å²) < 4.78 is 5.77. The van der Waals surface area contributed by atoms with Crippen molar-refractivity contribution in [1.82, 2.24) is 15.3 Å². The summed E-state index contributed by atoms with van der Waals surface area (Å²) in [5.74, 6) is 0.553. The van der Waals surface area contributed by atoms with Crippen LogP contribution in [-0.2, 0) is 4.79 Å². The maximum atomic E-state index is 12.3. The first-order valence-corrected chi connectivity index (χ1v) is 11.2. The Morgan fingerprint density at radius 1 is 1.19 bits per heavy atom. The number of carbonyl (C=O) groups is 1. The Kier molecular flexibility index (Phi) is 6.94. The number of halogens is 3. The van der Waals surface area contributed by atoms with E-state index in [0.717, 1.165) is 12.8 Å². The second-order valence-corrected chi connectivity index (χ2v) is 8.28. The third-order valence-electron chi connectivity index (χ3n) is 4.97. The number of aromatic nitrogens is 2. The smallest absolute Gasteiger partial charge is 0.310 e. The summed E-state index contributed by atoms with van der Waals surface area (Å²) in [6.07, 6.45) is 10.4. The molecular weight excluding hydrogens is 471 g/mol. The monoisotopic (exact) mass is 488 g/mol. The number of carbonyl (C=O) groups excluding carboxylic acids is 1. The molecule has 1 atom stereocenters. The van der Waals surface area contributed by atoms with Crippen molar-refractivity contribution in [3.63, 3.8) is 0 Å². The van der Waals surface area contributed by atoms with Crippen molar-refractivity contribution in [2.75, 3.05) is 0 Å². The quantitative estimate of drug-likeness (QED) is 0.325. The number of hydrogen-bond donors (Lipinski definition) is 1. The molecule has 6 nitrogen and oxygen atoms in total. The number of hydrogen-bond acceptors (Lipinski definition) is 6. The first-order valence-electron chi connectivity index (χ1n) is 10.1. The molecular formula is C23H19Cl3N4O2. The Balaban J connectivity index is 1.97. The zero-order valence-corrected chi connectivity index (χ0v) is 19.4. The molecule has 3 aromatic rings. The number of pyridine rings is 2. The van der Waals surface area contributed by atoms with Crippen LogP contribution in [0.1, 0.15) is 43.4 Å². The van der Waals surface area contributed by atoms with Crippen LogP contribution < -0.4 is 10.1 Å². The Hall–Kier alpha value is -2.67. The molecule has 0 bridgehead atoms. The summed E-state index contributed by atoms with van der Waals surface area (Å²) >= 11 is 19.5. The van der Waals surface area contributed by atoms with E-state index in [2.05, 4.69) is 20.3 Å². The van der Waals surface area contributed by atoms with Crippen LogP contribution in [0.2, 0.25) is 15.1 Å². The molecule has 1 N–H and O–H groups in total. The van der Waals surface area contributed by atoms with Gasteiger partial charge >= 0.3 is 5.97 Å². The first kappa shape index (κ1) is 22.5. The van der Waals surface area contributed by atoms with E-state index in [0.29, 0.717) is 48.7 Å². The molecule has 0 aliphatic carbocycles. The van der Waals surface area contributed by atoms with Crippen LogP contribution in [0.25, 0.3) is 10.9 Å². The highest BCUT2D eigenvalue weighted by Crippen LogP contribution is 2.42. The first-order chi connectivity index (χ1) is 15.5. The normalized spacial score (nSPS) is 14.2. The molecule has 0 saturated carbocycles. The molecule has 0 fully saturated rings. The molecule has 4 rings (SSSR count). The number of aliphatic imine (C=N–C) groups is 1. The van der Waals surface area contributed by atoms with Crippen LogP contribution in [0.4, 0.5) is 0 Å². The number of ether oxygens (including phenoxy) is 1. The topological polar surface area (TPSA) is 76.5 Å². The lowest BCUT2D eigenvalue weighted by molar-refractivity contribution is -0.133. The van der Waals surface area contributed by atoms with Gasteiger partial charge in [-0.25, -0.2) is 4.99 Å². The number of rotatable bonds is 6. The zero-order valence-electron chi connectivity index (χ0n) is 17.1. The largest absolute Gasteiger partial charge is 0.424 e. The molecule has 0 spiro atoms. The highest BCUT2D eigenvalue weighted by Gasteiger charge is 2.27. The number of nitrogens with zero attached hydrogens (tertiary/aromatic N) is 3. The summed E-state index contributed by atoms with van der Waals surface area (Å²) in [7, 11) is 0. The lowest BCUT2D eigenvalue weighted by Crippen LogP contribution is -2.24. The Morgan fingerprint density at radius 3 is 2.78 bits per heavy atom. The summed E-state index contributed by atoms with van der Waals surface area (Å²) in [6, 6.07) is 4.72. The maximum absolute atomic E-state index is 12.3. The van der Waals surface area contributed by atoms with Gasteiger partial charge in [0.2, 0.25) is 0 Å². The minimum absolute atomic E-state index is 0.198. The number of nitrogens with one attached hydrogen (secondary N) is 1. The molecule has 32 heavy (non-hydrogen) atoms. The third kappa shape index (κ3) is 4.58. The fourth-order valence-corrected chi connectivity index (χ4v) is 4.06. The molecule has 0 amide bonds. The van der Waals surface area contributed by atoms with E-state index in [1.165, 1.54) is 6.20 Å². The van der Waals surface area contributed by atoms with Gasteiger partial charge in [0, 0.05) is 47.7 Å². The minimum Gasteiger partial charge on any atom is -0.424 e. The van der Waals surface area contributed by atoms with Crippen molar-refractivity contribution in [3.05, 3.63) is 74.9 Å². The van der Waals surface area contributed by atoms with E-state index in [9.17, 15) is 4.79 Å². The molecule has 1 aromatic carbocycles. The van der Waals surface area contributed by atoms with Crippen LogP contribution in [-0.4, -0.2) is 22.2 Å². The van der Waals surface area contributed by atoms with Gasteiger partial charge in [0.15, 0.2) is 5.75 Å². The highest BCUT2D eigenvalue weighted by molar-refractivity contribution is 6.42. The maximum Gasteiger partial charge on any atom is 0.310 e. The van der Waals surface area contributed by atoms with Crippen LogP contribution in [0.3, 0.4) is 0 Å². The number of allylic oxidation sites excluding steroid dienone is 1. The van der Waals surface area contributed by atoms with Gasteiger partial charge < -0.3 is 10.1 Å². The third-order valence-corrected chi connectivity index (χ3v) is 6.09. The lowest BCUT2D eigenvalue weighted by atomic mass is 9.97. The number of esters is 1. The predicted octanol–water partition coefficient (Wildman–Crippen LogP) is 6.29. The number of fused-ring (bicyclic) bond motifs is 1. The van der Waals surface area contributed by atoms with E-state index in [4.69, 9.17) is 39.5 Å². The van der Waals surface area contributed by atoms with Crippen LogP contribution in [0, 0.1) is 0 Å². The van der Waals surface area contributed by atoms with Gasteiger partial charge in [0.25, 0.3) is 0 Å². The molecule has 164 valence electrons. The van der Waals surface area contributed by atoms with Gasteiger partial charge in [0.1, 0.15) is 11.3 Å². The molecule has 0 radical (unpaired) electrons. The van der Waals surface area contributed by atoms with Crippen LogP contribution >= 0.6 is 34.8 Å². The Bertz CT molecular complexity index is 1240. The van der Waals surface area contributed by atoms with E-state index >= 15 is 0 Å². The van der Waals surface area contributed by atoms with Crippen molar-refractivity contribution in [2.45, 2.75) is 32.2 Å². The summed E-state index contributed by atoms with van der Waals surface area (Å²) in [5.41, 5.74) is 1.62. The van der Waals surface area contributed by atoms with Crippen molar-refractivity contribution < 1.29 is 9.53 Å². The molecule has 1 unspecified atom stereocenters. The average Bonchev–Trinajstić information content (AvgIpc) is 2.82. The fourth-order valence-electron chi connectivity index (χ4n) is 3.42. The van der Waals surface area contributed by atoms with Gasteiger partial charge in [-0.3, -0.25) is 14.8 Å². The molecule has 0 saturated heterocycles. The predicted molar refractivity (Wildman–Crippen MR) is 128 cm³/mol. The minimum atomic E-state index is -0.612. The lowest BCUT2D eigenvalue weighted by Gasteiger charge is -2.25. The molecule has 1 aliphatic heterocycles. The van der Waals surface area contributed by atoms with E-state index in [1.807, 2.05) is 18.4 Å². The second-order valence-electron chi connectivity index (χ2n) is 7.08. The van der Waals surface area contributed by atoms with Gasteiger partial charge in [-0.05, 0) is 37.1 Å². The Labute approximate surface area is 200 Å². The summed E-state index contributed by atoms with van der Waals surface area (Å²) in [4.78, 5) is 25.4. The standard InChI is InChI=1S/C23H19Cl3N4O2/c1-2-19(31)32-23-14(10-16(24)13-6-5-9-29-22(13)23)21(30-18-7-3-4-8-28-18)15-11-27-12-17(25)20(15)26/h5-12,21,30H,2-4H2,1H3. The summed E-state index contributed by atoms with van der Waals surface area (Å²) in [5, 5.41) is 5.13. The number of benzene rings is 1. The van der Waals surface area contributed by atoms with E-state index in [-0.39, 0.29) is 6.42 Å². The second kappa shape index (κ2) is 9.86. The molecule has 2 aromatic heterocycles. The van der Waals surface area contributed by atoms with Gasteiger partial charge in [-0.2, -0.15) is 0 Å². The van der Waals surface area contributed by atoms with Gasteiger partial charge in [0.05, 0.1) is 21.1 Å². The van der Waals surface area contributed by atoms with Crippen molar-refractivity contribution in [1.29, 1.82) is 0 Å². The summed E-state index contributed by atoms with van der Waals surface area (Å²) in [6.45, 7) is 1.72. The van der Waals surface area contributed by atoms with Gasteiger partial charge in [-0.1, -0.05) is 41.7 Å². The molecule has 9 heteroatoms. The van der Waals surface area contributed by atoms with Crippen molar-refractivity contribution >= 4 is 57.9 Å². The van der Waals surface area contributed by atoms with Crippen LogP contribution in [0.5, 0.6) is 5.75 Å². The van der Waals surface area contributed by atoms with Crippen molar-refractivity contribution in [3.8, 4) is 5.75 Å². The fraction of sp³-hybridized carbons (Fsp3) is 0.217. The SMILES string of the molecule is CCC(=O)Oc1c(C(NC2=CCCC=N2)c2cncc(Cl)c2Cl)cc(Cl)c2cccnc12. The average molecular weight is 490 g/mol.